The fraction of sp³-hybridized carbons (Fsp3) is 0.217. The van der Waals surface area contributed by atoms with E-state index >= 15 is 0 Å². The van der Waals surface area contributed by atoms with Crippen molar-refractivity contribution >= 4 is 34.2 Å². The Hall–Kier alpha value is -3.05. The van der Waals surface area contributed by atoms with E-state index in [4.69, 9.17) is 21.1 Å². The van der Waals surface area contributed by atoms with Gasteiger partial charge in [0.2, 0.25) is 0 Å². The van der Waals surface area contributed by atoms with Gasteiger partial charge in [0.05, 0.1) is 19.6 Å². The van der Waals surface area contributed by atoms with Gasteiger partial charge in [-0.2, -0.15) is 0 Å². The number of hydrogen-bond donors (Lipinski definition) is 1. The number of rotatable bonds is 7. The van der Waals surface area contributed by atoms with Crippen molar-refractivity contribution in [2.24, 2.45) is 0 Å². The molecule has 0 aromatic heterocycles. The Bertz CT molecular complexity index is 1030. The van der Waals surface area contributed by atoms with Crippen LogP contribution in [-0.4, -0.2) is 25.6 Å². The van der Waals surface area contributed by atoms with E-state index in [9.17, 15) is 9.59 Å². The minimum absolute atomic E-state index is 0.0319. The molecule has 3 aromatic carbocycles. The Morgan fingerprint density at radius 3 is 2.62 bits per heavy atom. The molecule has 1 atom stereocenters. The molecular weight excluding hydrogens is 390 g/mol. The Morgan fingerprint density at radius 2 is 1.83 bits per heavy atom. The van der Waals surface area contributed by atoms with E-state index in [-0.39, 0.29) is 25.0 Å². The summed E-state index contributed by atoms with van der Waals surface area (Å²) in [6, 6.07) is 18.7. The molecule has 0 aliphatic rings. The van der Waals surface area contributed by atoms with Crippen LogP contribution in [0.25, 0.3) is 10.8 Å². The molecule has 0 radical (unpaired) electrons. The summed E-state index contributed by atoms with van der Waals surface area (Å²) in [5.74, 6) is -0.351. The van der Waals surface area contributed by atoms with Crippen molar-refractivity contribution in [3.63, 3.8) is 0 Å². The second kappa shape index (κ2) is 9.43. The standard InChI is InChI=1S/C23H22ClNO4/c1-15(19-9-5-7-16-6-3-4-8-20(16)19)25-22(26)14-29-23(27)13-17-12-18(24)10-11-21(17)28-2/h3-12,15H,13-14H2,1-2H3,(H,25,26)/t15-/m0/s1. The Morgan fingerprint density at radius 1 is 1.07 bits per heavy atom. The van der Waals surface area contributed by atoms with Crippen molar-refractivity contribution in [2.45, 2.75) is 19.4 Å². The summed E-state index contributed by atoms with van der Waals surface area (Å²) in [4.78, 5) is 24.4. The smallest absolute Gasteiger partial charge is 0.310 e. The third kappa shape index (κ3) is 5.27. The molecule has 6 heteroatoms. The fourth-order valence-corrected chi connectivity index (χ4v) is 3.42. The molecule has 0 heterocycles. The van der Waals surface area contributed by atoms with Crippen LogP contribution in [0.1, 0.15) is 24.1 Å². The van der Waals surface area contributed by atoms with Gasteiger partial charge in [-0.3, -0.25) is 9.59 Å². The second-order valence-electron chi connectivity index (χ2n) is 6.65. The number of benzene rings is 3. The summed E-state index contributed by atoms with van der Waals surface area (Å²) >= 11 is 5.97. The number of carbonyl (C=O) groups excluding carboxylic acids is 2. The van der Waals surface area contributed by atoms with Crippen LogP contribution in [-0.2, 0) is 20.7 Å². The van der Waals surface area contributed by atoms with Crippen LogP contribution in [0, 0.1) is 0 Å². The summed E-state index contributed by atoms with van der Waals surface area (Å²) < 4.78 is 10.3. The van der Waals surface area contributed by atoms with Crippen molar-refractivity contribution in [1.82, 2.24) is 5.32 Å². The predicted molar refractivity (Wildman–Crippen MR) is 113 cm³/mol. The van der Waals surface area contributed by atoms with Gasteiger partial charge in [0.25, 0.3) is 5.91 Å². The number of halogens is 1. The summed E-state index contributed by atoms with van der Waals surface area (Å²) in [7, 11) is 1.51. The molecule has 0 aliphatic heterocycles. The number of fused-ring (bicyclic) bond motifs is 1. The van der Waals surface area contributed by atoms with Gasteiger partial charge in [-0.05, 0) is 41.5 Å². The minimum Gasteiger partial charge on any atom is -0.496 e. The number of nitrogens with one attached hydrogen (secondary N) is 1. The average Bonchev–Trinajstić information content (AvgIpc) is 2.72. The van der Waals surface area contributed by atoms with Gasteiger partial charge in [-0.15, -0.1) is 0 Å². The molecule has 0 spiro atoms. The summed E-state index contributed by atoms with van der Waals surface area (Å²) in [5, 5.41) is 5.55. The van der Waals surface area contributed by atoms with Gasteiger partial charge in [0, 0.05) is 10.6 Å². The maximum absolute atomic E-state index is 12.3. The largest absolute Gasteiger partial charge is 0.496 e. The van der Waals surface area contributed by atoms with E-state index in [2.05, 4.69) is 5.32 Å². The van der Waals surface area contributed by atoms with Crippen LogP contribution in [0.5, 0.6) is 5.75 Å². The Labute approximate surface area is 174 Å². The Balaban J connectivity index is 1.57. The molecule has 29 heavy (non-hydrogen) atoms. The molecule has 0 saturated carbocycles. The molecule has 1 amide bonds. The first-order chi connectivity index (χ1) is 14.0. The monoisotopic (exact) mass is 411 g/mol. The van der Waals surface area contributed by atoms with Crippen LogP contribution in [0.3, 0.4) is 0 Å². The van der Waals surface area contributed by atoms with E-state index in [0.29, 0.717) is 16.3 Å². The van der Waals surface area contributed by atoms with Gasteiger partial charge in [0.1, 0.15) is 5.75 Å². The highest BCUT2D eigenvalue weighted by atomic mass is 35.5. The number of methoxy groups -OCH3 is 1. The molecule has 0 fully saturated rings. The van der Waals surface area contributed by atoms with Gasteiger partial charge in [-0.1, -0.05) is 54.1 Å². The highest BCUT2D eigenvalue weighted by molar-refractivity contribution is 6.30. The number of amides is 1. The van der Waals surface area contributed by atoms with Crippen molar-refractivity contribution in [2.75, 3.05) is 13.7 Å². The highest BCUT2D eigenvalue weighted by Crippen LogP contribution is 2.24. The van der Waals surface area contributed by atoms with E-state index in [1.807, 2.05) is 49.4 Å². The van der Waals surface area contributed by atoms with Crippen LogP contribution in [0.15, 0.2) is 60.7 Å². The fourth-order valence-electron chi connectivity index (χ4n) is 3.23. The van der Waals surface area contributed by atoms with E-state index < -0.39 is 5.97 Å². The van der Waals surface area contributed by atoms with Gasteiger partial charge in [0.15, 0.2) is 6.61 Å². The van der Waals surface area contributed by atoms with Crippen LogP contribution < -0.4 is 10.1 Å². The molecule has 3 rings (SSSR count). The molecule has 3 aromatic rings. The first kappa shape index (κ1) is 20.7. The van der Waals surface area contributed by atoms with E-state index in [0.717, 1.165) is 16.3 Å². The number of carbonyl (C=O) groups is 2. The molecule has 150 valence electrons. The molecule has 1 N–H and O–H groups in total. The lowest BCUT2D eigenvalue weighted by Crippen LogP contribution is -2.31. The maximum atomic E-state index is 12.3. The molecular formula is C23H22ClNO4. The summed E-state index contributed by atoms with van der Waals surface area (Å²) in [5.41, 5.74) is 1.61. The average molecular weight is 412 g/mol. The number of esters is 1. The quantitative estimate of drug-likeness (QED) is 0.583. The summed E-state index contributed by atoms with van der Waals surface area (Å²) in [6.45, 7) is 1.55. The summed E-state index contributed by atoms with van der Waals surface area (Å²) in [6.07, 6.45) is -0.0319. The lowest BCUT2D eigenvalue weighted by atomic mass is 10.00. The SMILES string of the molecule is COc1ccc(Cl)cc1CC(=O)OCC(=O)N[C@@H](C)c1cccc2ccccc12. The highest BCUT2D eigenvalue weighted by Gasteiger charge is 2.15. The van der Waals surface area contributed by atoms with Crippen molar-refractivity contribution in [1.29, 1.82) is 0 Å². The van der Waals surface area contributed by atoms with E-state index in [1.54, 1.807) is 18.2 Å². The lowest BCUT2D eigenvalue weighted by Gasteiger charge is -2.17. The predicted octanol–water partition coefficient (Wildman–Crippen LogP) is 4.46. The third-order valence-corrected chi connectivity index (χ3v) is 4.84. The van der Waals surface area contributed by atoms with Crippen molar-refractivity contribution in [3.8, 4) is 5.75 Å². The molecule has 0 aliphatic carbocycles. The van der Waals surface area contributed by atoms with E-state index in [1.165, 1.54) is 7.11 Å². The molecule has 5 nitrogen and oxygen atoms in total. The van der Waals surface area contributed by atoms with Gasteiger partial charge < -0.3 is 14.8 Å². The molecule has 0 saturated heterocycles. The number of hydrogen-bond acceptors (Lipinski definition) is 4. The normalized spacial score (nSPS) is 11.7. The Kier molecular flexibility index (Phi) is 6.73. The van der Waals surface area contributed by atoms with Crippen LogP contribution >= 0.6 is 11.6 Å². The number of ether oxygens (including phenoxy) is 2. The third-order valence-electron chi connectivity index (χ3n) is 4.61. The zero-order valence-corrected chi connectivity index (χ0v) is 17.0. The zero-order valence-electron chi connectivity index (χ0n) is 16.3. The van der Waals surface area contributed by atoms with Gasteiger partial charge >= 0.3 is 5.97 Å². The molecule has 0 unspecified atom stereocenters. The molecule has 0 bridgehead atoms. The first-order valence-corrected chi connectivity index (χ1v) is 9.61. The van der Waals surface area contributed by atoms with Crippen molar-refractivity contribution in [3.05, 3.63) is 76.8 Å². The first-order valence-electron chi connectivity index (χ1n) is 9.23. The lowest BCUT2D eigenvalue weighted by molar-refractivity contribution is -0.148. The van der Waals surface area contributed by atoms with Crippen molar-refractivity contribution < 1.29 is 19.1 Å². The maximum Gasteiger partial charge on any atom is 0.310 e. The minimum atomic E-state index is -0.529. The topological polar surface area (TPSA) is 64.6 Å². The second-order valence-corrected chi connectivity index (χ2v) is 7.09. The van der Waals surface area contributed by atoms with Crippen LogP contribution in [0.4, 0.5) is 0 Å². The van der Waals surface area contributed by atoms with Gasteiger partial charge in [-0.25, -0.2) is 0 Å². The van der Waals surface area contributed by atoms with Crippen LogP contribution in [0.2, 0.25) is 5.02 Å². The zero-order chi connectivity index (χ0) is 20.8.